The molecule has 8 heteroatoms. The number of carbonyl (C=O) groups excluding carboxylic acids is 1. The Hall–Kier alpha value is -3.03. The highest BCUT2D eigenvalue weighted by Crippen LogP contribution is 2.33. The number of nitrogens with zero attached hydrogens (tertiary/aromatic N) is 4. The molecule has 1 atom stereocenters. The van der Waals surface area contributed by atoms with Crippen molar-refractivity contribution in [3.8, 4) is 11.5 Å². The summed E-state index contributed by atoms with van der Waals surface area (Å²) in [5.74, 6) is 2.49. The highest BCUT2D eigenvalue weighted by atomic mass is 16.5. The molecule has 0 saturated carbocycles. The van der Waals surface area contributed by atoms with Gasteiger partial charge in [0.1, 0.15) is 6.33 Å². The standard InChI is InChI=1S/C24H33N5O3/c1-17(19-6-7-21(31-2)22(14-19)32-3)27-24(30)18-8-12-28(13-9-18)20-15-25-16-26-23(20)29-10-4-5-11-29/h6-7,14-18H,4-5,8-13H2,1-3H3,(H,27,30). The number of hydrogen-bond acceptors (Lipinski definition) is 7. The molecule has 32 heavy (non-hydrogen) atoms. The number of carbonyl (C=O) groups is 1. The van der Waals surface area contributed by atoms with E-state index in [-0.39, 0.29) is 17.9 Å². The first-order valence-electron chi connectivity index (χ1n) is 11.4. The molecule has 3 heterocycles. The van der Waals surface area contributed by atoms with Crippen LogP contribution in [0.3, 0.4) is 0 Å². The summed E-state index contributed by atoms with van der Waals surface area (Å²) in [5.41, 5.74) is 2.08. The Labute approximate surface area is 189 Å². The molecule has 0 bridgehead atoms. The number of piperidine rings is 1. The third kappa shape index (κ3) is 4.74. The van der Waals surface area contributed by atoms with Crippen LogP contribution in [-0.4, -0.2) is 56.3 Å². The highest BCUT2D eigenvalue weighted by molar-refractivity contribution is 5.79. The number of aromatic nitrogens is 2. The van der Waals surface area contributed by atoms with Crippen LogP contribution in [0.25, 0.3) is 0 Å². The fourth-order valence-corrected chi connectivity index (χ4v) is 4.63. The van der Waals surface area contributed by atoms with Crippen molar-refractivity contribution in [2.45, 2.75) is 38.6 Å². The van der Waals surface area contributed by atoms with Gasteiger partial charge in [-0.1, -0.05) is 6.07 Å². The molecule has 4 rings (SSSR count). The molecule has 0 aliphatic carbocycles. The molecule has 0 radical (unpaired) electrons. The first-order valence-corrected chi connectivity index (χ1v) is 11.4. The Morgan fingerprint density at radius 1 is 1.06 bits per heavy atom. The van der Waals surface area contributed by atoms with Crippen LogP contribution in [0.4, 0.5) is 11.5 Å². The van der Waals surface area contributed by atoms with Gasteiger partial charge in [-0.25, -0.2) is 9.97 Å². The van der Waals surface area contributed by atoms with E-state index in [4.69, 9.17) is 9.47 Å². The Morgan fingerprint density at radius 2 is 1.78 bits per heavy atom. The van der Waals surface area contributed by atoms with E-state index in [1.807, 2.05) is 31.3 Å². The lowest BCUT2D eigenvalue weighted by atomic mass is 9.95. The summed E-state index contributed by atoms with van der Waals surface area (Å²) in [6.07, 6.45) is 7.61. The highest BCUT2D eigenvalue weighted by Gasteiger charge is 2.29. The summed E-state index contributed by atoms with van der Waals surface area (Å²) in [6, 6.07) is 5.64. The number of hydrogen-bond donors (Lipinski definition) is 1. The minimum Gasteiger partial charge on any atom is -0.493 e. The van der Waals surface area contributed by atoms with E-state index in [1.54, 1.807) is 20.5 Å². The van der Waals surface area contributed by atoms with Gasteiger partial charge in [0.15, 0.2) is 17.3 Å². The van der Waals surface area contributed by atoms with Crippen molar-refractivity contribution in [2.75, 3.05) is 50.2 Å². The summed E-state index contributed by atoms with van der Waals surface area (Å²) in [4.78, 5) is 26.5. The van der Waals surface area contributed by atoms with E-state index in [2.05, 4.69) is 25.1 Å². The normalized spacial score (nSPS) is 17.8. The van der Waals surface area contributed by atoms with Crippen molar-refractivity contribution in [1.82, 2.24) is 15.3 Å². The molecule has 8 nitrogen and oxygen atoms in total. The molecule has 1 amide bonds. The van der Waals surface area contributed by atoms with Crippen molar-refractivity contribution in [3.05, 3.63) is 36.3 Å². The van der Waals surface area contributed by atoms with Gasteiger partial charge in [-0.2, -0.15) is 0 Å². The second-order valence-corrected chi connectivity index (χ2v) is 8.53. The molecule has 2 aliphatic heterocycles. The molecule has 1 unspecified atom stereocenters. The summed E-state index contributed by atoms with van der Waals surface area (Å²) in [6.45, 7) is 5.76. The average Bonchev–Trinajstić information content (AvgIpc) is 3.38. The first-order chi connectivity index (χ1) is 15.6. The Kier molecular flexibility index (Phi) is 6.97. The van der Waals surface area contributed by atoms with Gasteiger partial charge in [0.25, 0.3) is 0 Å². The lowest BCUT2D eigenvalue weighted by Gasteiger charge is -2.35. The van der Waals surface area contributed by atoms with E-state index in [9.17, 15) is 4.79 Å². The van der Waals surface area contributed by atoms with Gasteiger partial charge in [-0.3, -0.25) is 4.79 Å². The number of amides is 1. The molecule has 2 fully saturated rings. The van der Waals surface area contributed by atoms with Gasteiger partial charge in [-0.15, -0.1) is 0 Å². The maximum Gasteiger partial charge on any atom is 0.223 e. The van der Waals surface area contributed by atoms with Gasteiger partial charge < -0.3 is 24.6 Å². The Balaban J connectivity index is 1.35. The van der Waals surface area contributed by atoms with E-state index in [0.29, 0.717) is 11.5 Å². The summed E-state index contributed by atoms with van der Waals surface area (Å²) >= 11 is 0. The quantitative estimate of drug-likeness (QED) is 0.710. The second-order valence-electron chi connectivity index (χ2n) is 8.53. The number of nitrogens with one attached hydrogen (secondary N) is 1. The van der Waals surface area contributed by atoms with Crippen LogP contribution in [0.1, 0.15) is 44.2 Å². The Bertz CT molecular complexity index is 924. The van der Waals surface area contributed by atoms with Gasteiger partial charge in [0.2, 0.25) is 5.91 Å². The van der Waals surface area contributed by atoms with Gasteiger partial charge in [0, 0.05) is 32.1 Å². The van der Waals surface area contributed by atoms with E-state index in [0.717, 1.165) is 56.1 Å². The fraction of sp³-hybridized carbons (Fsp3) is 0.542. The molecule has 2 saturated heterocycles. The molecule has 1 aromatic carbocycles. The zero-order chi connectivity index (χ0) is 22.5. The van der Waals surface area contributed by atoms with E-state index < -0.39 is 0 Å². The predicted molar refractivity (Wildman–Crippen MR) is 125 cm³/mol. The number of ether oxygens (including phenoxy) is 2. The molecule has 2 aliphatic rings. The number of anilines is 2. The average molecular weight is 440 g/mol. The smallest absolute Gasteiger partial charge is 0.223 e. The minimum atomic E-state index is -0.107. The number of methoxy groups -OCH3 is 2. The molecular weight excluding hydrogens is 406 g/mol. The first kappa shape index (κ1) is 22.2. The zero-order valence-electron chi connectivity index (χ0n) is 19.2. The molecule has 0 spiro atoms. The van der Waals surface area contributed by atoms with Crippen molar-refractivity contribution < 1.29 is 14.3 Å². The maximum atomic E-state index is 13.0. The minimum absolute atomic E-state index is 0.00807. The van der Waals surface area contributed by atoms with Crippen molar-refractivity contribution in [2.24, 2.45) is 5.92 Å². The number of rotatable bonds is 7. The van der Waals surface area contributed by atoms with Crippen LogP contribution in [0, 0.1) is 5.92 Å². The predicted octanol–water partition coefficient (Wildman–Crippen LogP) is 3.19. The Morgan fingerprint density at radius 3 is 2.47 bits per heavy atom. The fourth-order valence-electron chi connectivity index (χ4n) is 4.63. The van der Waals surface area contributed by atoms with E-state index >= 15 is 0 Å². The SMILES string of the molecule is COc1ccc(C(C)NC(=O)C2CCN(c3cncnc3N3CCCC3)CC2)cc1OC. The van der Waals surface area contributed by atoms with Gasteiger partial charge in [-0.05, 0) is 50.3 Å². The zero-order valence-corrected chi connectivity index (χ0v) is 19.2. The van der Waals surface area contributed by atoms with Crippen molar-refractivity contribution in [1.29, 1.82) is 0 Å². The van der Waals surface area contributed by atoms with Gasteiger partial charge >= 0.3 is 0 Å². The second kappa shape index (κ2) is 10.1. The number of benzene rings is 1. The van der Waals surface area contributed by atoms with Crippen LogP contribution in [0.2, 0.25) is 0 Å². The lowest BCUT2D eigenvalue weighted by Crippen LogP contribution is -2.41. The van der Waals surface area contributed by atoms with Crippen molar-refractivity contribution >= 4 is 17.4 Å². The largest absolute Gasteiger partial charge is 0.493 e. The van der Waals surface area contributed by atoms with Gasteiger partial charge in [0.05, 0.1) is 32.1 Å². The summed E-state index contributed by atoms with van der Waals surface area (Å²) in [5, 5.41) is 3.18. The third-order valence-corrected chi connectivity index (χ3v) is 6.55. The third-order valence-electron chi connectivity index (χ3n) is 6.55. The molecule has 172 valence electrons. The van der Waals surface area contributed by atoms with Crippen LogP contribution < -0.4 is 24.6 Å². The van der Waals surface area contributed by atoms with Crippen LogP contribution in [0.15, 0.2) is 30.7 Å². The topological polar surface area (TPSA) is 79.8 Å². The van der Waals surface area contributed by atoms with E-state index in [1.165, 1.54) is 12.8 Å². The van der Waals surface area contributed by atoms with Crippen LogP contribution >= 0.6 is 0 Å². The lowest BCUT2D eigenvalue weighted by molar-refractivity contribution is -0.126. The monoisotopic (exact) mass is 439 g/mol. The maximum absolute atomic E-state index is 13.0. The molecule has 1 aromatic heterocycles. The summed E-state index contributed by atoms with van der Waals surface area (Å²) < 4.78 is 10.7. The van der Waals surface area contributed by atoms with Crippen molar-refractivity contribution in [3.63, 3.8) is 0 Å². The summed E-state index contributed by atoms with van der Waals surface area (Å²) in [7, 11) is 3.23. The molecular formula is C24H33N5O3. The van der Waals surface area contributed by atoms with Crippen LogP contribution in [-0.2, 0) is 4.79 Å². The molecule has 2 aromatic rings. The van der Waals surface area contributed by atoms with Crippen LogP contribution in [0.5, 0.6) is 11.5 Å². The molecule has 1 N–H and O–H groups in total.